The number of nitrogens with zero attached hydrogens (tertiary/aromatic N) is 1. The molecule has 0 bridgehead atoms. The van der Waals surface area contributed by atoms with Gasteiger partial charge in [-0.15, -0.1) is 4.83 Å². The molecule has 4 N–H and O–H groups in total. The van der Waals surface area contributed by atoms with Crippen molar-refractivity contribution in [1.82, 2.24) is 14.6 Å². The molecule has 1 rings (SSSR count). The van der Waals surface area contributed by atoms with Gasteiger partial charge in [0.1, 0.15) is 0 Å². The molecular weight excluding hydrogens is 260 g/mol. The molecule has 0 aromatic heterocycles. The number of benzene rings is 1. The highest BCUT2D eigenvalue weighted by atomic mass is 32.2. The Labute approximate surface area is 106 Å². The summed E-state index contributed by atoms with van der Waals surface area (Å²) in [5.41, 5.74) is 8.19. The molecule has 0 radical (unpaired) electrons. The van der Waals surface area contributed by atoms with Gasteiger partial charge in [0, 0.05) is 13.6 Å². The van der Waals surface area contributed by atoms with Crippen LogP contribution in [0.25, 0.3) is 0 Å². The zero-order valence-electron chi connectivity index (χ0n) is 9.25. The topological polar surface area (TPSA) is 87.5 Å². The van der Waals surface area contributed by atoms with Crippen molar-refractivity contribution < 1.29 is 8.42 Å². The first-order chi connectivity index (χ1) is 7.92. The molecule has 0 saturated heterocycles. The van der Waals surface area contributed by atoms with E-state index in [-0.39, 0.29) is 11.7 Å². The SMILES string of the molecule is CN(Cc1ccccc1)S(=O)(=O)NNC(N)=S. The minimum atomic E-state index is -3.65. The first-order valence-electron chi connectivity index (χ1n) is 4.74. The summed E-state index contributed by atoms with van der Waals surface area (Å²) in [4.78, 5) is 2.06. The smallest absolute Gasteiger partial charge is 0.296 e. The molecule has 8 heteroatoms. The fourth-order valence-corrected chi connectivity index (χ4v) is 1.95. The molecule has 0 aliphatic heterocycles. The van der Waals surface area contributed by atoms with Crippen LogP contribution in [0.1, 0.15) is 5.56 Å². The van der Waals surface area contributed by atoms with Crippen molar-refractivity contribution in [1.29, 1.82) is 0 Å². The quantitative estimate of drug-likeness (QED) is 0.507. The van der Waals surface area contributed by atoms with Gasteiger partial charge < -0.3 is 5.73 Å². The van der Waals surface area contributed by atoms with Crippen molar-refractivity contribution in [3.63, 3.8) is 0 Å². The summed E-state index contributed by atoms with van der Waals surface area (Å²) in [5.74, 6) is 0. The summed E-state index contributed by atoms with van der Waals surface area (Å²) >= 11 is 4.50. The summed E-state index contributed by atoms with van der Waals surface area (Å²) in [6.45, 7) is 0.259. The van der Waals surface area contributed by atoms with Crippen molar-refractivity contribution >= 4 is 27.5 Å². The van der Waals surface area contributed by atoms with Gasteiger partial charge in [-0.25, -0.2) is 0 Å². The first kappa shape index (κ1) is 13.8. The number of hydrogen-bond donors (Lipinski definition) is 3. The molecule has 0 aliphatic rings. The molecule has 0 unspecified atom stereocenters. The lowest BCUT2D eigenvalue weighted by Gasteiger charge is -2.17. The summed E-state index contributed by atoms with van der Waals surface area (Å²) in [6, 6.07) is 9.23. The highest BCUT2D eigenvalue weighted by Crippen LogP contribution is 2.04. The Balaban J connectivity index is 2.63. The van der Waals surface area contributed by atoms with Crippen LogP contribution in [0.2, 0.25) is 0 Å². The second-order valence-corrected chi connectivity index (χ2v) is 5.56. The second-order valence-electron chi connectivity index (χ2n) is 3.34. The van der Waals surface area contributed by atoms with E-state index in [2.05, 4.69) is 22.5 Å². The summed E-state index contributed by atoms with van der Waals surface area (Å²) in [7, 11) is -2.19. The zero-order chi connectivity index (χ0) is 12.9. The number of hydrogen-bond acceptors (Lipinski definition) is 3. The Morgan fingerprint density at radius 1 is 1.41 bits per heavy atom. The predicted molar refractivity (Wildman–Crippen MR) is 69.9 cm³/mol. The normalized spacial score (nSPS) is 11.4. The monoisotopic (exact) mass is 274 g/mol. The maximum absolute atomic E-state index is 11.7. The maximum atomic E-state index is 11.7. The van der Waals surface area contributed by atoms with Crippen LogP contribution in [-0.4, -0.2) is 24.9 Å². The Hall–Kier alpha value is -1.22. The molecule has 94 valence electrons. The lowest BCUT2D eigenvalue weighted by Crippen LogP contribution is -2.49. The Kier molecular flexibility index (Phi) is 4.82. The van der Waals surface area contributed by atoms with Gasteiger partial charge in [-0.2, -0.15) is 12.7 Å². The fraction of sp³-hybridized carbons (Fsp3) is 0.222. The third-order valence-electron chi connectivity index (χ3n) is 1.96. The molecule has 6 nitrogen and oxygen atoms in total. The van der Waals surface area contributed by atoms with Gasteiger partial charge in [-0.05, 0) is 17.8 Å². The molecule has 1 aromatic rings. The van der Waals surface area contributed by atoms with Crippen molar-refractivity contribution in [2.75, 3.05) is 7.05 Å². The van der Waals surface area contributed by atoms with Gasteiger partial charge in [-0.1, -0.05) is 30.3 Å². The van der Waals surface area contributed by atoms with Crippen molar-refractivity contribution in [3.8, 4) is 0 Å². The molecule has 1 aromatic carbocycles. The Morgan fingerprint density at radius 2 is 2.00 bits per heavy atom. The van der Waals surface area contributed by atoms with Crippen LogP contribution in [0.4, 0.5) is 0 Å². The molecule has 0 atom stereocenters. The van der Waals surface area contributed by atoms with Gasteiger partial charge in [0.25, 0.3) is 10.2 Å². The molecule has 0 spiro atoms. The van der Waals surface area contributed by atoms with Crippen molar-refractivity contribution in [3.05, 3.63) is 35.9 Å². The first-order valence-corrected chi connectivity index (χ1v) is 6.59. The number of rotatable bonds is 5. The summed E-state index contributed by atoms with van der Waals surface area (Å²) in [5, 5.41) is -0.137. The van der Waals surface area contributed by atoms with Gasteiger partial charge in [0.05, 0.1) is 0 Å². The number of hydrazine groups is 1. The average molecular weight is 274 g/mol. The molecule has 0 saturated carbocycles. The van der Waals surface area contributed by atoms with E-state index in [4.69, 9.17) is 5.73 Å². The van der Waals surface area contributed by atoms with Crippen LogP contribution in [0.5, 0.6) is 0 Å². The fourth-order valence-electron chi connectivity index (χ4n) is 1.12. The minimum Gasteiger partial charge on any atom is -0.375 e. The van der Waals surface area contributed by atoms with Crippen LogP contribution in [-0.2, 0) is 16.8 Å². The minimum absolute atomic E-state index is 0.137. The molecule has 17 heavy (non-hydrogen) atoms. The Bertz CT molecular complexity index is 475. The van der Waals surface area contributed by atoms with E-state index in [1.54, 1.807) is 0 Å². The number of nitrogens with two attached hydrogens (primary N) is 1. The van der Waals surface area contributed by atoms with Crippen LogP contribution in [0, 0.1) is 0 Å². The third kappa shape index (κ3) is 4.65. The zero-order valence-corrected chi connectivity index (χ0v) is 10.9. The van der Waals surface area contributed by atoms with E-state index in [9.17, 15) is 8.42 Å². The molecule has 0 fully saturated rings. The highest BCUT2D eigenvalue weighted by molar-refractivity contribution is 7.87. The van der Waals surface area contributed by atoms with E-state index in [0.29, 0.717) is 0 Å². The number of nitrogens with one attached hydrogen (secondary N) is 2. The summed E-state index contributed by atoms with van der Waals surface area (Å²) in [6.07, 6.45) is 0. The van der Waals surface area contributed by atoms with Gasteiger partial charge >= 0.3 is 0 Å². The van der Waals surface area contributed by atoms with Crippen LogP contribution < -0.4 is 16.0 Å². The number of thiocarbonyl (C=S) groups is 1. The summed E-state index contributed by atoms with van der Waals surface area (Å²) < 4.78 is 24.5. The largest absolute Gasteiger partial charge is 0.375 e. The predicted octanol–water partition coefficient (Wildman–Crippen LogP) is -0.299. The molecule has 0 amide bonds. The maximum Gasteiger partial charge on any atom is 0.296 e. The second kappa shape index (κ2) is 5.92. The Morgan fingerprint density at radius 3 is 2.53 bits per heavy atom. The van der Waals surface area contributed by atoms with Gasteiger partial charge in [-0.3, -0.25) is 5.43 Å². The third-order valence-corrected chi connectivity index (χ3v) is 3.37. The van der Waals surface area contributed by atoms with Crippen LogP contribution in [0.3, 0.4) is 0 Å². The van der Waals surface area contributed by atoms with E-state index in [1.807, 2.05) is 30.3 Å². The highest BCUT2D eigenvalue weighted by Gasteiger charge is 2.17. The standard InChI is InChI=1S/C9H14N4O2S2/c1-13(7-8-5-3-2-4-6-8)17(14,15)12-11-9(10)16/h2-6,12H,7H2,1H3,(H3,10,11,16). The van der Waals surface area contributed by atoms with Crippen molar-refractivity contribution in [2.24, 2.45) is 5.73 Å². The molecule has 0 heterocycles. The molecule has 0 aliphatic carbocycles. The van der Waals surface area contributed by atoms with E-state index < -0.39 is 10.2 Å². The lowest BCUT2D eigenvalue weighted by molar-refractivity contribution is 0.452. The van der Waals surface area contributed by atoms with Gasteiger partial charge in [0.2, 0.25) is 0 Å². The van der Waals surface area contributed by atoms with E-state index >= 15 is 0 Å². The van der Waals surface area contributed by atoms with E-state index in [1.165, 1.54) is 7.05 Å². The van der Waals surface area contributed by atoms with Crippen LogP contribution >= 0.6 is 12.2 Å². The molecular formula is C9H14N4O2S2. The van der Waals surface area contributed by atoms with E-state index in [0.717, 1.165) is 9.87 Å². The van der Waals surface area contributed by atoms with Crippen molar-refractivity contribution in [2.45, 2.75) is 6.54 Å². The van der Waals surface area contributed by atoms with Gasteiger partial charge in [0.15, 0.2) is 5.11 Å². The van der Waals surface area contributed by atoms with Crippen LogP contribution in [0.15, 0.2) is 30.3 Å². The average Bonchev–Trinajstić information content (AvgIpc) is 2.28. The lowest BCUT2D eigenvalue weighted by atomic mass is 10.2.